The molecular formula is C25H29BrN4O2. The highest BCUT2D eigenvalue weighted by Gasteiger charge is 2.28. The maximum atomic E-state index is 13.0. The molecule has 1 amide bonds. The van der Waals surface area contributed by atoms with Gasteiger partial charge < -0.3 is 9.84 Å². The Bertz CT molecular complexity index is 1100. The molecule has 1 saturated heterocycles. The molecule has 2 atom stereocenters. The molecule has 0 saturated carbocycles. The number of amides is 1. The van der Waals surface area contributed by atoms with Crippen LogP contribution in [0.3, 0.4) is 0 Å². The molecule has 1 fully saturated rings. The standard InChI is InChI=1S/C25H29BrN4O2/c1-16-9-10-22(17(2)12-16)18(3)27-25(31)20-7-5-11-30(14-20)15-23-28-24(29-32-23)19-6-4-8-21(26)13-19/h4,6,8-10,12-13,18,20H,5,7,11,14-15H2,1-3H3,(H,27,31). The van der Waals surface area contributed by atoms with Crippen molar-refractivity contribution in [1.29, 1.82) is 0 Å². The lowest BCUT2D eigenvalue weighted by Gasteiger charge is -2.31. The van der Waals surface area contributed by atoms with Crippen LogP contribution >= 0.6 is 15.9 Å². The number of benzene rings is 2. The number of piperidine rings is 1. The van der Waals surface area contributed by atoms with Gasteiger partial charge in [0.05, 0.1) is 18.5 Å². The second-order valence-electron chi connectivity index (χ2n) is 8.69. The third-order valence-corrected chi connectivity index (χ3v) is 6.53. The van der Waals surface area contributed by atoms with Crippen LogP contribution in [-0.4, -0.2) is 34.0 Å². The van der Waals surface area contributed by atoms with Crippen LogP contribution in [0.25, 0.3) is 11.4 Å². The second kappa shape index (κ2) is 9.96. The summed E-state index contributed by atoms with van der Waals surface area (Å²) >= 11 is 3.47. The fourth-order valence-electron chi connectivity index (χ4n) is 4.39. The zero-order chi connectivity index (χ0) is 22.7. The quantitative estimate of drug-likeness (QED) is 0.507. The van der Waals surface area contributed by atoms with Crippen LogP contribution in [-0.2, 0) is 11.3 Å². The Morgan fingerprint density at radius 2 is 2.12 bits per heavy atom. The van der Waals surface area contributed by atoms with Crippen LogP contribution in [0.1, 0.15) is 48.4 Å². The summed E-state index contributed by atoms with van der Waals surface area (Å²) < 4.78 is 6.46. The van der Waals surface area contributed by atoms with E-state index in [0.29, 0.717) is 24.8 Å². The van der Waals surface area contributed by atoms with Gasteiger partial charge in [-0.25, -0.2) is 0 Å². The van der Waals surface area contributed by atoms with Crippen LogP contribution in [0.5, 0.6) is 0 Å². The van der Waals surface area contributed by atoms with Crippen molar-refractivity contribution in [1.82, 2.24) is 20.4 Å². The van der Waals surface area contributed by atoms with E-state index in [2.05, 4.69) is 75.3 Å². The second-order valence-corrected chi connectivity index (χ2v) is 9.60. The van der Waals surface area contributed by atoms with Crippen LogP contribution in [0.15, 0.2) is 51.5 Å². The normalized spacial score (nSPS) is 17.8. The summed E-state index contributed by atoms with van der Waals surface area (Å²) in [4.78, 5) is 19.8. The molecule has 0 bridgehead atoms. The van der Waals surface area contributed by atoms with Gasteiger partial charge in [-0.15, -0.1) is 0 Å². The number of carbonyl (C=O) groups excluding carboxylic acids is 1. The van der Waals surface area contributed by atoms with E-state index in [1.807, 2.05) is 24.3 Å². The Labute approximate surface area is 197 Å². The summed E-state index contributed by atoms with van der Waals surface area (Å²) in [6, 6.07) is 14.2. The largest absolute Gasteiger partial charge is 0.349 e. The summed E-state index contributed by atoms with van der Waals surface area (Å²) in [7, 11) is 0. The molecule has 0 spiro atoms. The minimum atomic E-state index is -0.0376. The van der Waals surface area contributed by atoms with Gasteiger partial charge in [0.25, 0.3) is 0 Å². The van der Waals surface area contributed by atoms with Gasteiger partial charge in [0, 0.05) is 16.6 Å². The first-order valence-electron chi connectivity index (χ1n) is 11.1. The monoisotopic (exact) mass is 496 g/mol. The molecule has 2 unspecified atom stereocenters. The molecule has 2 heterocycles. The maximum absolute atomic E-state index is 13.0. The van der Waals surface area contributed by atoms with E-state index in [-0.39, 0.29) is 17.9 Å². The van der Waals surface area contributed by atoms with Crippen molar-refractivity contribution in [3.63, 3.8) is 0 Å². The Hall–Kier alpha value is -2.51. The van der Waals surface area contributed by atoms with Crippen LogP contribution < -0.4 is 5.32 Å². The number of nitrogens with one attached hydrogen (secondary N) is 1. The molecular weight excluding hydrogens is 468 g/mol. The van der Waals surface area contributed by atoms with Gasteiger partial charge in [-0.1, -0.05) is 57.0 Å². The zero-order valence-corrected chi connectivity index (χ0v) is 20.4. The van der Waals surface area contributed by atoms with Gasteiger partial charge in [0.1, 0.15) is 0 Å². The molecule has 7 heteroatoms. The van der Waals surface area contributed by atoms with E-state index in [4.69, 9.17) is 4.52 Å². The molecule has 4 rings (SSSR count). The van der Waals surface area contributed by atoms with Crippen molar-refractivity contribution in [2.45, 2.75) is 46.2 Å². The van der Waals surface area contributed by atoms with Crippen molar-refractivity contribution in [2.75, 3.05) is 13.1 Å². The topological polar surface area (TPSA) is 71.3 Å². The smallest absolute Gasteiger partial charge is 0.241 e. The lowest BCUT2D eigenvalue weighted by Crippen LogP contribution is -2.43. The van der Waals surface area contributed by atoms with Gasteiger partial charge >= 0.3 is 0 Å². The summed E-state index contributed by atoms with van der Waals surface area (Å²) in [5, 5.41) is 7.34. The third kappa shape index (κ3) is 5.45. The van der Waals surface area contributed by atoms with Crippen molar-refractivity contribution in [2.24, 2.45) is 5.92 Å². The van der Waals surface area contributed by atoms with Crippen molar-refractivity contribution in [3.05, 3.63) is 69.5 Å². The first-order valence-corrected chi connectivity index (χ1v) is 11.9. The van der Waals surface area contributed by atoms with Gasteiger partial charge in [0.15, 0.2) is 0 Å². The molecule has 32 heavy (non-hydrogen) atoms. The van der Waals surface area contributed by atoms with Gasteiger partial charge in [-0.3, -0.25) is 9.69 Å². The van der Waals surface area contributed by atoms with E-state index < -0.39 is 0 Å². The molecule has 168 valence electrons. The summed E-state index contributed by atoms with van der Waals surface area (Å²) in [6.45, 7) is 8.41. The van der Waals surface area contributed by atoms with Crippen LogP contribution in [0, 0.1) is 19.8 Å². The Kier molecular flexibility index (Phi) is 7.06. The number of aryl methyl sites for hydroxylation is 2. The number of hydrogen-bond donors (Lipinski definition) is 1. The molecule has 3 aromatic rings. The molecule has 1 aromatic heterocycles. The molecule has 0 aliphatic carbocycles. The SMILES string of the molecule is Cc1ccc(C(C)NC(=O)C2CCCN(Cc3nc(-c4cccc(Br)c4)no3)C2)c(C)c1. The van der Waals surface area contributed by atoms with Crippen molar-refractivity contribution < 1.29 is 9.32 Å². The lowest BCUT2D eigenvalue weighted by atomic mass is 9.95. The van der Waals surface area contributed by atoms with E-state index >= 15 is 0 Å². The van der Waals surface area contributed by atoms with Crippen LogP contribution in [0.4, 0.5) is 0 Å². The number of carbonyl (C=O) groups is 1. The molecule has 1 aliphatic heterocycles. The molecule has 1 aliphatic rings. The summed E-state index contributed by atoms with van der Waals surface area (Å²) in [5.41, 5.74) is 4.52. The van der Waals surface area contributed by atoms with Gasteiger partial charge in [-0.05, 0) is 63.4 Å². The molecule has 6 nitrogen and oxygen atoms in total. The Morgan fingerprint density at radius 1 is 1.28 bits per heavy atom. The van der Waals surface area contributed by atoms with Crippen molar-refractivity contribution in [3.8, 4) is 11.4 Å². The van der Waals surface area contributed by atoms with Crippen LogP contribution in [0.2, 0.25) is 0 Å². The Morgan fingerprint density at radius 3 is 2.91 bits per heavy atom. The fourth-order valence-corrected chi connectivity index (χ4v) is 4.79. The van der Waals surface area contributed by atoms with E-state index in [0.717, 1.165) is 29.4 Å². The third-order valence-electron chi connectivity index (χ3n) is 6.04. The number of hydrogen-bond acceptors (Lipinski definition) is 5. The molecule has 1 N–H and O–H groups in total. The lowest BCUT2D eigenvalue weighted by molar-refractivity contribution is -0.127. The predicted octanol–water partition coefficient (Wildman–Crippen LogP) is 5.21. The number of likely N-dealkylation sites (tertiary alicyclic amines) is 1. The molecule has 2 aromatic carbocycles. The number of nitrogens with zero attached hydrogens (tertiary/aromatic N) is 3. The highest BCUT2D eigenvalue weighted by atomic mass is 79.9. The van der Waals surface area contributed by atoms with E-state index in [1.54, 1.807) is 0 Å². The first kappa shape index (κ1) is 22.7. The summed E-state index contributed by atoms with van der Waals surface area (Å²) in [5.74, 6) is 1.23. The average Bonchev–Trinajstić information content (AvgIpc) is 3.22. The van der Waals surface area contributed by atoms with E-state index in [9.17, 15) is 4.79 Å². The summed E-state index contributed by atoms with van der Waals surface area (Å²) in [6.07, 6.45) is 1.87. The molecule has 0 radical (unpaired) electrons. The number of rotatable bonds is 6. The minimum absolute atomic E-state index is 0.0119. The number of aromatic nitrogens is 2. The van der Waals surface area contributed by atoms with Gasteiger partial charge in [0.2, 0.25) is 17.6 Å². The predicted molar refractivity (Wildman–Crippen MR) is 128 cm³/mol. The highest BCUT2D eigenvalue weighted by Crippen LogP contribution is 2.24. The first-order chi connectivity index (χ1) is 15.4. The van der Waals surface area contributed by atoms with E-state index in [1.165, 1.54) is 16.7 Å². The van der Waals surface area contributed by atoms with Gasteiger partial charge in [-0.2, -0.15) is 4.98 Å². The number of halogens is 1. The highest BCUT2D eigenvalue weighted by molar-refractivity contribution is 9.10. The minimum Gasteiger partial charge on any atom is -0.349 e. The maximum Gasteiger partial charge on any atom is 0.241 e. The fraction of sp³-hybridized carbons (Fsp3) is 0.400. The Balaban J connectivity index is 1.35. The zero-order valence-electron chi connectivity index (χ0n) is 18.8. The van der Waals surface area contributed by atoms with Crippen molar-refractivity contribution >= 4 is 21.8 Å². The average molecular weight is 497 g/mol.